The van der Waals surface area contributed by atoms with Crippen molar-refractivity contribution in [1.29, 1.82) is 0 Å². The minimum atomic E-state index is -0.274. The third-order valence-electron chi connectivity index (χ3n) is 4.41. The number of rotatable bonds is 4. The highest BCUT2D eigenvalue weighted by atomic mass is 32.2. The molecule has 1 aliphatic carbocycles. The van der Waals surface area contributed by atoms with E-state index in [1.807, 2.05) is 25.7 Å². The van der Waals surface area contributed by atoms with Gasteiger partial charge in [0.2, 0.25) is 5.91 Å². The summed E-state index contributed by atoms with van der Waals surface area (Å²) >= 11 is 1.79. The summed E-state index contributed by atoms with van der Waals surface area (Å²) in [6, 6.07) is -0.274. The number of amidine groups is 1. The Balaban J connectivity index is 1.96. The number of nitrogens with one attached hydrogen (secondary N) is 1. The Morgan fingerprint density at radius 1 is 1.35 bits per heavy atom. The first-order valence-electron chi connectivity index (χ1n) is 7.88. The van der Waals surface area contributed by atoms with Crippen molar-refractivity contribution in [1.82, 2.24) is 10.2 Å². The van der Waals surface area contributed by atoms with Gasteiger partial charge >= 0.3 is 0 Å². The summed E-state index contributed by atoms with van der Waals surface area (Å²) < 4.78 is 0. The van der Waals surface area contributed by atoms with Crippen LogP contribution in [0.5, 0.6) is 0 Å². The van der Waals surface area contributed by atoms with Gasteiger partial charge in [-0.15, -0.1) is 0 Å². The van der Waals surface area contributed by atoms with Crippen molar-refractivity contribution in [3.8, 4) is 0 Å². The number of nitrogens with zero attached hydrogens (tertiary/aromatic N) is 2. The molecule has 0 aromatic heterocycles. The number of amides is 1. The summed E-state index contributed by atoms with van der Waals surface area (Å²) in [5.41, 5.74) is 0.264. The van der Waals surface area contributed by atoms with Gasteiger partial charge in [-0.2, -0.15) is 0 Å². The lowest BCUT2D eigenvalue weighted by Gasteiger charge is -2.32. The Morgan fingerprint density at radius 3 is 2.60 bits per heavy atom. The van der Waals surface area contributed by atoms with E-state index in [1.54, 1.807) is 11.8 Å². The number of likely N-dealkylation sites (N-methyl/N-ethyl adjacent to an activating group) is 1. The van der Waals surface area contributed by atoms with Gasteiger partial charge in [0.1, 0.15) is 6.04 Å². The standard InChI is InChI=1S/C15H27N3OS/c1-4-18(5-2)13(19)12(3)16-14-17-15(11-20-14)9-7-6-8-10-15/h12H,4-11H2,1-3H3,(H,16,17). The molecule has 4 nitrogen and oxygen atoms in total. The van der Waals surface area contributed by atoms with Gasteiger partial charge in [0, 0.05) is 24.4 Å². The van der Waals surface area contributed by atoms with Gasteiger partial charge in [0.05, 0.1) is 0 Å². The van der Waals surface area contributed by atoms with Crippen LogP contribution in [0.3, 0.4) is 0 Å². The van der Waals surface area contributed by atoms with Crippen molar-refractivity contribution in [3.63, 3.8) is 0 Å². The molecule has 1 N–H and O–H groups in total. The molecule has 2 aliphatic rings. The fourth-order valence-electron chi connectivity index (χ4n) is 3.10. The van der Waals surface area contributed by atoms with Gasteiger partial charge in [-0.25, -0.2) is 4.99 Å². The molecule has 5 heteroatoms. The molecule has 1 saturated heterocycles. The van der Waals surface area contributed by atoms with Crippen LogP contribution in [0.2, 0.25) is 0 Å². The van der Waals surface area contributed by atoms with E-state index >= 15 is 0 Å². The van der Waals surface area contributed by atoms with E-state index in [4.69, 9.17) is 0 Å². The van der Waals surface area contributed by atoms with E-state index in [0.717, 1.165) is 24.0 Å². The highest BCUT2D eigenvalue weighted by Crippen LogP contribution is 2.36. The number of carbonyl (C=O) groups is 1. The highest BCUT2D eigenvalue weighted by molar-refractivity contribution is 8.14. The topological polar surface area (TPSA) is 44.7 Å². The molecule has 0 bridgehead atoms. The summed E-state index contributed by atoms with van der Waals surface area (Å²) in [5.74, 6) is 1.24. The van der Waals surface area contributed by atoms with Gasteiger partial charge < -0.3 is 10.2 Å². The number of carbonyl (C=O) groups excluding carboxylic acids is 1. The molecular formula is C15H27N3OS. The predicted molar refractivity (Wildman–Crippen MR) is 86.2 cm³/mol. The number of hydrogen-bond donors (Lipinski definition) is 1. The van der Waals surface area contributed by atoms with Crippen LogP contribution >= 0.6 is 11.8 Å². The van der Waals surface area contributed by atoms with Crippen molar-refractivity contribution in [2.75, 3.05) is 18.8 Å². The summed E-state index contributed by atoms with van der Waals surface area (Å²) in [6.07, 6.45) is 6.48. The number of thioether (sulfide) groups is 1. The van der Waals surface area contributed by atoms with E-state index in [0.29, 0.717) is 0 Å². The van der Waals surface area contributed by atoms with E-state index in [1.165, 1.54) is 32.1 Å². The second-order valence-electron chi connectivity index (χ2n) is 5.88. The monoisotopic (exact) mass is 297 g/mol. The van der Waals surface area contributed by atoms with Crippen LogP contribution in [0.4, 0.5) is 0 Å². The summed E-state index contributed by atoms with van der Waals surface area (Å²) in [5, 5.41) is 4.58. The smallest absolute Gasteiger partial charge is 0.247 e. The first kappa shape index (κ1) is 15.7. The zero-order chi connectivity index (χ0) is 14.6. The van der Waals surface area contributed by atoms with Gasteiger partial charge in [0.15, 0.2) is 5.17 Å². The lowest BCUT2D eigenvalue weighted by atomic mass is 9.83. The zero-order valence-electron chi connectivity index (χ0n) is 12.9. The molecule has 114 valence electrons. The van der Waals surface area contributed by atoms with Crippen LogP contribution in [0, 0.1) is 0 Å². The van der Waals surface area contributed by atoms with Crippen LogP contribution < -0.4 is 5.32 Å². The maximum Gasteiger partial charge on any atom is 0.247 e. The molecule has 1 amide bonds. The molecule has 2 rings (SSSR count). The van der Waals surface area contributed by atoms with E-state index in [2.05, 4.69) is 10.3 Å². The maximum absolute atomic E-state index is 12.2. The van der Waals surface area contributed by atoms with Crippen LogP contribution in [0.15, 0.2) is 4.99 Å². The average Bonchev–Trinajstić information content (AvgIpc) is 2.83. The highest BCUT2D eigenvalue weighted by Gasteiger charge is 2.38. The molecule has 1 spiro atoms. The lowest BCUT2D eigenvalue weighted by molar-refractivity contribution is -0.131. The summed E-state index contributed by atoms with van der Waals surface area (Å²) in [7, 11) is 0. The molecule has 1 heterocycles. The van der Waals surface area contributed by atoms with Crippen LogP contribution in [-0.4, -0.2) is 46.4 Å². The molecule has 0 radical (unpaired) electrons. The minimum Gasteiger partial charge on any atom is -0.359 e. The molecule has 2 fully saturated rings. The molecular weight excluding hydrogens is 270 g/mol. The van der Waals surface area contributed by atoms with Crippen molar-refractivity contribution in [2.24, 2.45) is 4.99 Å². The molecule has 1 saturated carbocycles. The Bertz CT molecular complexity index is 373. The molecule has 0 aromatic rings. The fraction of sp³-hybridized carbons (Fsp3) is 0.867. The molecule has 0 aromatic carbocycles. The third-order valence-corrected chi connectivity index (χ3v) is 5.59. The van der Waals surface area contributed by atoms with Crippen molar-refractivity contribution >= 4 is 22.8 Å². The minimum absolute atomic E-state index is 0.134. The second kappa shape index (κ2) is 6.83. The largest absolute Gasteiger partial charge is 0.359 e. The predicted octanol–water partition coefficient (Wildman–Crippen LogP) is 2.64. The SMILES string of the molecule is CCN(CC)C(=O)C(C)N=C1NC2(CCCCC2)CS1. The van der Waals surface area contributed by atoms with Crippen LogP contribution in [0.1, 0.15) is 52.9 Å². The van der Waals surface area contributed by atoms with E-state index < -0.39 is 0 Å². The summed E-state index contributed by atoms with van der Waals surface area (Å²) in [6.45, 7) is 7.45. The quantitative estimate of drug-likeness (QED) is 0.867. The Morgan fingerprint density at radius 2 is 2.00 bits per heavy atom. The molecule has 20 heavy (non-hydrogen) atoms. The van der Waals surface area contributed by atoms with Crippen LogP contribution in [-0.2, 0) is 4.79 Å². The Kier molecular flexibility index (Phi) is 5.35. The Hall–Kier alpha value is -0.710. The van der Waals surface area contributed by atoms with Crippen molar-refractivity contribution < 1.29 is 4.79 Å². The van der Waals surface area contributed by atoms with Gasteiger partial charge in [-0.3, -0.25) is 4.79 Å². The van der Waals surface area contributed by atoms with Gasteiger partial charge in [0.25, 0.3) is 0 Å². The second-order valence-corrected chi connectivity index (χ2v) is 6.84. The number of aliphatic imine (C=N–C) groups is 1. The third kappa shape index (κ3) is 3.48. The first-order valence-corrected chi connectivity index (χ1v) is 8.86. The first-order chi connectivity index (χ1) is 9.60. The van der Waals surface area contributed by atoms with Gasteiger partial charge in [-0.1, -0.05) is 31.0 Å². The molecule has 1 aliphatic heterocycles. The van der Waals surface area contributed by atoms with E-state index in [-0.39, 0.29) is 17.5 Å². The lowest BCUT2D eigenvalue weighted by Crippen LogP contribution is -2.45. The van der Waals surface area contributed by atoms with Gasteiger partial charge in [-0.05, 0) is 33.6 Å². The number of hydrogen-bond acceptors (Lipinski definition) is 3. The van der Waals surface area contributed by atoms with Crippen LogP contribution in [0.25, 0.3) is 0 Å². The fourth-order valence-corrected chi connectivity index (χ4v) is 4.40. The van der Waals surface area contributed by atoms with Crippen molar-refractivity contribution in [3.05, 3.63) is 0 Å². The molecule has 1 atom stereocenters. The Labute approximate surface area is 126 Å². The molecule has 1 unspecified atom stereocenters. The maximum atomic E-state index is 12.2. The average molecular weight is 297 g/mol. The zero-order valence-corrected chi connectivity index (χ0v) is 13.8. The van der Waals surface area contributed by atoms with Crippen molar-refractivity contribution in [2.45, 2.75) is 64.5 Å². The summed E-state index contributed by atoms with van der Waals surface area (Å²) in [4.78, 5) is 18.7. The van der Waals surface area contributed by atoms with E-state index in [9.17, 15) is 4.79 Å². The normalized spacial score (nSPS) is 24.6.